The van der Waals surface area contributed by atoms with Crippen molar-refractivity contribution in [2.24, 2.45) is 0 Å². The predicted octanol–water partition coefficient (Wildman–Crippen LogP) is 2.44. The molecule has 3 aromatic rings. The summed E-state index contributed by atoms with van der Waals surface area (Å²) in [4.78, 5) is 7.67. The summed E-state index contributed by atoms with van der Waals surface area (Å²) in [6, 6.07) is 12.8. The van der Waals surface area contributed by atoms with Crippen molar-refractivity contribution in [3.05, 3.63) is 53.9 Å². The molecule has 90 valence electrons. The van der Waals surface area contributed by atoms with Crippen LogP contribution in [-0.4, -0.2) is 15.1 Å². The van der Waals surface area contributed by atoms with E-state index in [-0.39, 0.29) is 5.75 Å². The van der Waals surface area contributed by atoms with Crippen LogP contribution in [-0.2, 0) is 6.42 Å². The Morgan fingerprint density at radius 2 is 1.89 bits per heavy atom. The lowest BCUT2D eigenvalue weighted by Gasteiger charge is -1.98. The highest BCUT2D eigenvalue weighted by atomic mass is 16.3. The number of benzene rings is 2. The van der Waals surface area contributed by atoms with E-state index in [4.69, 9.17) is 5.73 Å². The number of rotatable bonds is 2. The van der Waals surface area contributed by atoms with E-state index in [0.29, 0.717) is 0 Å². The van der Waals surface area contributed by atoms with Crippen molar-refractivity contribution in [1.29, 1.82) is 0 Å². The molecular formula is C14H13N3O. The molecule has 0 radical (unpaired) electrons. The second kappa shape index (κ2) is 4.07. The number of nitrogens with one attached hydrogen (secondary N) is 1. The quantitative estimate of drug-likeness (QED) is 0.601. The van der Waals surface area contributed by atoms with Crippen LogP contribution in [0, 0.1) is 0 Å². The lowest BCUT2D eigenvalue weighted by molar-refractivity contribution is 0.476. The van der Waals surface area contributed by atoms with Gasteiger partial charge in [0.25, 0.3) is 0 Å². The van der Waals surface area contributed by atoms with Gasteiger partial charge in [-0.25, -0.2) is 4.98 Å². The number of anilines is 1. The molecule has 0 aliphatic carbocycles. The number of fused-ring (bicyclic) bond motifs is 1. The number of nitrogens with two attached hydrogens (primary N) is 1. The first-order chi connectivity index (χ1) is 8.70. The normalized spacial score (nSPS) is 10.9. The molecule has 4 nitrogen and oxygen atoms in total. The minimum absolute atomic E-state index is 0.241. The van der Waals surface area contributed by atoms with Crippen LogP contribution < -0.4 is 5.73 Å². The molecule has 0 atom stereocenters. The number of nitrogen functional groups attached to an aromatic ring is 1. The largest absolute Gasteiger partial charge is 0.508 e. The zero-order valence-corrected chi connectivity index (χ0v) is 9.72. The summed E-state index contributed by atoms with van der Waals surface area (Å²) in [5.74, 6) is 1.12. The van der Waals surface area contributed by atoms with Gasteiger partial charge in [-0.2, -0.15) is 0 Å². The maximum atomic E-state index is 9.40. The number of aromatic amines is 1. The Hall–Kier alpha value is -2.49. The van der Waals surface area contributed by atoms with E-state index >= 15 is 0 Å². The SMILES string of the molecule is Nc1ccc(Cc2nc3ccc(O)cc3[nH]2)cc1. The summed E-state index contributed by atoms with van der Waals surface area (Å²) < 4.78 is 0. The molecule has 4 N–H and O–H groups in total. The fraction of sp³-hybridized carbons (Fsp3) is 0.0714. The molecule has 0 unspecified atom stereocenters. The zero-order valence-electron chi connectivity index (χ0n) is 9.72. The second-order valence-corrected chi connectivity index (χ2v) is 4.30. The van der Waals surface area contributed by atoms with Gasteiger partial charge >= 0.3 is 0 Å². The van der Waals surface area contributed by atoms with Crippen molar-refractivity contribution in [3.8, 4) is 5.75 Å². The molecule has 3 rings (SSSR count). The molecule has 1 heterocycles. The van der Waals surface area contributed by atoms with Crippen LogP contribution in [0.15, 0.2) is 42.5 Å². The van der Waals surface area contributed by atoms with Gasteiger partial charge < -0.3 is 15.8 Å². The topological polar surface area (TPSA) is 74.9 Å². The second-order valence-electron chi connectivity index (χ2n) is 4.30. The molecule has 0 amide bonds. The summed E-state index contributed by atoms with van der Waals surface area (Å²) >= 11 is 0. The molecule has 2 aromatic carbocycles. The number of H-pyrrole nitrogens is 1. The summed E-state index contributed by atoms with van der Waals surface area (Å²) in [6.45, 7) is 0. The van der Waals surface area contributed by atoms with Gasteiger partial charge in [0.2, 0.25) is 0 Å². The Morgan fingerprint density at radius 1 is 1.11 bits per heavy atom. The predicted molar refractivity (Wildman–Crippen MR) is 71.4 cm³/mol. The summed E-state index contributed by atoms with van der Waals surface area (Å²) in [7, 11) is 0. The Morgan fingerprint density at radius 3 is 2.67 bits per heavy atom. The molecule has 0 aliphatic rings. The summed E-state index contributed by atoms with van der Waals surface area (Å²) in [5, 5.41) is 9.40. The fourth-order valence-corrected chi connectivity index (χ4v) is 1.96. The van der Waals surface area contributed by atoms with Crippen molar-refractivity contribution in [3.63, 3.8) is 0 Å². The minimum Gasteiger partial charge on any atom is -0.508 e. The number of aromatic nitrogens is 2. The van der Waals surface area contributed by atoms with Crippen LogP contribution in [0.3, 0.4) is 0 Å². The van der Waals surface area contributed by atoms with E-state index in [0.717, 1.165) is 34.5 Å². The molecular weight excluding hydrogens is 226 g/mol. The molecule has 18 heavy (non-hydrogen) atoms. The molecule has 4 heteroatoms. The van der Waals surface area contributed by atoms with Gasteiger partial charge in [0.15, 0.2) is 0 Å². The van der Waals surface area contributed by atoms with Crippen LogP contribution in [0.25, 0.3) is 11.0 Å². The molecule has 0 bridgehead atoms. The smallest absolute Gasteiger partial charge is 0.117 e. The molecule has 0 saturated carbocycles. The van der Waals surface area contributed by atoms with Crippen LogP contribution in [0.2, 0.25) is 0 Å². The number of phenolic OH excluding ortho intramolecular Hbond substituents is 1. The third-order valence-electron chi connectivity index (χ3n) is 2.87. The molecule has 0 saturated heterocycles. The Kier molecular flexibility index (Phi) is 2.41. The maximum absolute atomic E-state index is 9.40. The van der Waals surface area contributed by atoms with E-state index in [1.54, 1.807) is 18.2 Å². The van der Waals surface area contributed by atoms with Gasteiger partial charge in [0.1, 0.15) is 11.6 Å². The van der Waals surface area contributed by atoms with Crippen molar-refractivity contribution in [2.75, 3.05) is 5.73 Å². The van der Waals surface area contributed by atoms with Crippen molar-refractivity contribution in [2.45, 2.75) is 6.42 Å². The highest BCUT2D eigenvalue weighted by molar-refractivity contribution is 5.76. The third-order valence-corrected chi connectivity index (χ3v) is 2.87. The van der Waals surface area contributed by atoms with E-state index in [9.17, 15) is 5.11 Å². The van der Waals surface area contributed by atoms with Crippen LogP contribution in [0.4, 0.5) is 5.69 Å². The molecule has 0 fully saturated rings. The summed E-state index contributed by atoms with van der Waals surface area (Å²) in [6.07, 6.45) is 0.718. The van der Waals surface area contributed by atoms with Crippen molar-refractivity contribution < 1.29 is 5.11 Å². The van der Waals surface area contributed by atoms with Gasteiger partial charge in [0.05, 0.1) is 11.0 Å². The van der Waals surface area contributed by atoms with E-state index in [1.807, 2.05) is 24.3 Å². The standard InChI is InChI=1S/C14H13N3O/c15-10-3-1-9(2-4-10)7-14-16-12-6-5-11(18)8-13(12)17-14/h1-6,8,18H,7,15H2,(H,16,17). The van der Waals surface area contributed by atoms with Gasteiger partial charge in [-0.05, 0) is 29.8 Å². The Labute approximate surface area is 104 Å². The fourth-order valence-electron chi connectivity index (χ4n) is 1.96. The average Bonchev–Trinajstić information content (AvgIpc) is 2.73. The lowest BCUT2D eigenvalue weighted by Crippen LogP contribution is -1.91. The molecule has 1 aromatic heterocycles. The first kappa shape index (κ1) is 10.7. The highest BCUT2D eigenvalue weighted by Crippen LogP contribution is 2.19. The number of aromatic hydroxyl groups is 1. The van der Waals surface area contributed by atoms with Gasteiger partial charge in [-0.15, -0.1) is 0 Å². The Bertz CT molecular complexity index is 686. The van der Waals surface area contributed by atoms with Crippen LogP contribution >= 0.6 is 0 Å². The Balaban J connectivity index is 1.92. The first-order valence-electron chi connectivity index (χ1n) is 5.73. The van der Waals surface area contributed by atoms with E-state index < -0.39 is 0 Å². The minimum atomic E-state index is 0.241. The number of imidazole rings is 1. The average molecular weight is 239 g/mol. The monoisotopic (exact) mass is 239 g/mol. The molecule has 0 spiro atoms. The number of nitrogens with zero attached hydrogens (tertiary/aromatic N) is 1. The summed E-state index contributed by atoms with van der Waals surface area (Å²) in [5.41, 5.74) is 9.26. The van der Waals surface area contributed by atoms with E-state index in [2.05, 4.69) is 9.97 Å². The van der Waals surface area contributed by atoms with Gasteiger partial charge in [-0.1, -0.05) is 12.1 Å². The van der Waals surface area contributed by atoms with E-state index in [1.165, 1.54) is 0 Å². The van der Waals surface area contributed by atoms with Crippen LogP contribution in [0.5, 0.6) is 5.75 Å². The zero-order chi connectivity index (χ0) is 12.5. The van der Waals surface area contributed by atoms with Crippen molar-refractivity contribution >= 4 is 16.7 Å². The third kappa shape index (κ3) is 2.00. The number of hydrogen-bond donors (Lipinski definition) is 3. The van der Waals surface area contributed by atoms with Crippen LogP contribution in [0.1, 0.15) is 11.4 Å². The lowest BCUT2D eigenvalue weighted by atomic mass is 10.1. The number of hydrogen-bond acceptors (Lipinski definition) is 3. The molecule has 0 aliphatic heterocycles. The first-order valence-corrected chi connectivity index (χ1v) is 5.73. The maximum Gasteiger partial charge on any atom is 0.117 e. The van der Waals surface area contributed by atoms with Gasteiger partial charge in [-0.3, -0.25) is 0 Å². The van der Waals surface area contributed by atoms with Gasteiger partial charge in [0, 0.05) is 18.2 Å². The number of phenols is 1. The highest BCUT2D eigenvalue weighted by Gasteiger charge is 2.04. The van der Waals surface area contributed by atoms with Crippen molar-refractivity contribution in [1.82, 2.24) is 9.97 Å².